The van der Waals surface area contributed by atoms with Crippen molar-refractivity contribution in [2.45, 2.75) is 43.9 Å². The first kappa shape index (κ1) is 23.4. The van der Waals surface area contributed by atoms with Crippen molar-refractivity contribution in [1.29, 1.82) is 0 Å². The molecular weight excluding hydrogens is 452 g/mol. The standard InChI is InChI=1S/C21H22N4O9/c1-2-12(22)20(28)31-9-13-15-16(17(32-13)25-8-7-14(24-30)23-21(25)29)34-19(27)11-6-4-3-5-10(11)18(26)33-15/h3-8,12-13,15-17,30H,2,9,22H2,1H3,(H,23,24,29)/t12-,13-,15-,16-,17-/m1/s1. The summed E-state index contributed by atoms with van der Waals surface area (Å²) in [5.74, 6) is -2.44. The van der Waals surface area contributed by atoms with E-state index < -0.39 is 54.2 Å². The molecular formula is C21H22N4O9. The van der Waals surface area contributed by atoms with E-state index in [9.17, 15) is 19.2 Å². The average Bonchev–Trinajstić information content (AvgIpc) is 3.16. The third-order valence-electron chi connectivity index (χ3n) is 5.49. The van der Waals surface area contributed by atoms with E-state index in [1.807, 2.05) is 0 Å². The third-order valence-corrected chi connectivity index (χ3v) is 5.49. The summed E-state index contributed by atoms with van der Waals surface area (Å²) in [7, 11) is 0. The number of carbonyl (C=O) groups is 3. The highest BCUT2D eigenvalue weighted by atomic mass is 16.7. The number of hydrogen-bond acceptors (Lipinski definition) is 12. The summed E-state index contributed by atoms with van der Waals surface area (Å²) in [6.07, 6.45) is -3.27. The van der Waals surface area contributed by atoms with Crippen LogP contribution in [0.25, 0.3) is 0 Å². The van der Waals surface area contributed by atoms with Crippen molar-refractivity contribution in [2.24, 2.45) is 5.73 Å². The SMILES string of the molecule is CC[C@@H](N)C(=O)OC[C@H]1O[C@@H](n2ccc(NO)nc2=O)[C@@H]2OC(=O)c3ccccc3C(=O)O[C@@H]21. The van der Waals surface area contributed by atoms with E-state index in [0.717, 1.165) is 4.57 Å². The van der Waals surface area contributed by atoms with Crippen molar-refractivity contribution >= 4 is 23.7 Å². The molecule has 0 radical (unpaired) electrons. The fourth-order valence-electron chi connectivity index (χ4n) is 3.65. The van der Waals surface area contributed by atoms with E-state index in [1.54, 1.807) is 24.5 Å². The molecule has 3 heterocycles. The van der Waals surface area contributed by atoms with Gasteiger partial charge in [-0.05, 0) is 24.6 Å². The molecule has 2 aliphatic heterocycles. The van der Waals surface area contributed by atoms with Gasteiger partial charge < -0.3 is 24.7 Å². The molecule has 180 valence electrons. The zero-order valence-electron chi connectivity index (χ0n) is 18.0. The second kappa shape index (κ2) is 9.59. The third kappa shape index (κ3) is 4.35. The van der Waals surface area contributed by atoms with E-state index in [-0.39, 0.29) is 23.6 Å². The van der Waals surface area contributed by atoms with Crippen molar-refractivity contribution in [3.63, 3.8) is 0 Å². The van der Waals surface area contributed by atoms with Gasteiger partial charge in [0.1, 0.15) is 18.8 Å². The van der Waals surface area contributed by atoms with Crippen molar-refractivity contribution in [3.05, 3.63) is 58.1 Å². The fourth-order valence-corrected chi connectivity index (χ4v) is 3.65. The highest BCUT2D eigenvalue weighted by molar-refractivity contribution is 6.03. The average molecular weight is 474 g/mol. The maximum absolute atomic E-state index is 12.9. The van der Waals surface area contributed by atoms with Gasteiger partial charge >= 0.3 is 23.6 Å². The Morgan fingerprint density at radius 1 is 1.18 bits per heavy atom. The second-order valence-corrected chi connectivity index (χ2v) is 7.61. The summed E-state index contributed by atoms with van der Waals surface area (Å²) >= 11 is 0. The number of ether oxygens (including phenoxy) is 4. The summed E-state index contributed by atoms with van der Waals surface area (Å²) < 4.78 is 23.3. The maximum Gasteiger partial charge on any atom is 0.351 e. The summed E-state index contributed by atoms with van der Waals surface area (Å²) in [4.78, 5) is 54.0. The minimum atomic E-state index is -1.28. The van der Waals surface area contributed by atoms with E-state index in [1.165, 1.54) is 24.4 Å². The number of anilines is 1. The van der Waals surface area contributed by atoms with Crippen LogP contribution in [0, 0.1) is 0 Å². The van der Waals surface area contributed by atoms with Gasteiger partial charge in [0, 0.05) is 6.20 Å². The van der Waals surface area contributed by atoms with E-state index in [2.05, 4.69) is 4.98 Å². The van der Waals surface area contributed by atoms with Gasteiger partial charge in [-0.1, -0.05) is 19.1 Å². The van der Waals surface area contributed by atoms with Crippen molar-refractivity contribution in [1.82, 2.24) is 9.55 Å². The lowest BCUT2D eigenvalue weighted by Gasteiger charge is -2.27. The number of aromatic nitrogens is 2. The number of nitrogens with one attached hydrogen (secondary N) is 1. The van der Waals surface area contributed by atoms with Gasteiger partial charge in [-0.3, -0.25) is 20.0 Å². The van der Waals surface area contributed by atoms with Gasteiger partial charge in [-0.15, -0.1) is 0 Å². The van der Waals surface area contributed by atoms with E-state index >= 15 is 0 Å². The molecule has 1 fully saturated rings. The number of nitrogens with zero attached hydrogens (tertiary/aromatic N) is 2. The molecule has 0 amide bonds. The number of benzene rings is 1. The Morgan fingerprint density at radius 2 is 1.82 bits per heavy atom. The number of carbonyl (C=O) groups excluding carboxylic acids is 3. The first-order valence-electron chi connectivity index (χ1n) is 10.4. The number of rotatable bonds is 6. The Balaban J connectivity index is 1.70. The molecule has 4 N–H and O–H groups in total. The molecule has 1 aromatic heterocycles. The minimum Gasteiger partial charge on any atom is -0.462 e. The van der Waals surface area contributed by atoms with Gasteiger partial charge in [-0.2, -0.15) is 4.98 Å². The molecule has 1 aromatic carbocycles. The topological polar surface area (TPSA) is 181 Å². The highest BCUT2D eigenvalue weighted by Crippen LogP contribution is 2.36. The Bertz CT molecular complexity index is 1170. The Labute approximate surface area is 192 Å². The van der Waals surface area contributed by atoms with Crippen LogP contribution in [-0.2, 0) is 23.7 Å². The summed E-state index contributed by atoms with van der Waals surface area (Å²) in [5.41, 5.74) is 6.57. The van der Waals surface area contributed by atoms with Gasteiger partial charge in [0.25, 0.3) is 0 Å². The van der Waals surface area contributed by atoms with Crippen LogP contribution < -0.4 is 16.9 Å². The van der Waals surface area contributed by atoms with Crippen LogP contribution in [0.3, 0.4) is 0 Å². The monoisotopic (exact) mass is 474 g/mol. The first-order chi connectivity index (χ1) is 16.3. The molecule has 0 unspecified atom stereocenters. The minimum absolute atomic E-state index is 0.00430. The first-order valence-corrected chi connectivity index (χ1v) is 10.4. The fraction of sp³-hybridized carbons (Fsp3) is 0.381. The molecule has 2 aromatic rings. The molecule has 2 aliphatic rings. The molecule has 0 saturated carbocycles. The van der Waals surface area contributed by atoms with Crippen LogP contribution in [0.15, 0.2) is 41.3 Å². The van der Waals surface area contributed by atoms with Gasteiger partial charge in [0.2, 0.25) is 0 Å². The van der Waals surface area contributed by atoms with Crippen LogP contribution in [0.4, 0.5) is 5.82 Å². The summed E-state index contributed by atoms with van der Waals surface area (Å²) in [6.45, 7) is 1.33. The molecule has 1 saturated heterocycles. The lowest BCUT2D eigenvalue weighted by molar-refractivity contribution is -0.151. The lowest BCUT2D eigenvalue weighted by atomic mass is 10.0. The quantitative estimate of drug-likeness (QED) is 0.290. The largest absolute Gasteiger partial charge is 0.462 e. The Morgan fingerprint density at radius 3 is 2.41 bits per heavy atom. The molecule has 0 spiro atoms. The van der Waals surface area contributed by atoms with Crippen LogP contribution in [0.2, 0.25) is 0 Å². The van der Waals surface area contributed by atoms with Gasteiger partial charge in [0.15, 0.2) is 24.3 Å². The Kier molecular flexibility index (Phi) is 6.58. The van der Waals surface area contributed by atoms with Crippen LogP contribution in [-0.4, -0.2) is 63.6 Å². The lowest BCUT2D eigenvalue weighted by Crippen LogP contribution is -2.44. The predicted octanol–water partition coefficient (Wildman–Crippen LogP) is -0.0131. The number of nitrogens with two attached hydrogens (primary N) is 1. The number of fused-ring (bicyclic) bond motifs is 2. The molecule has 4 rings (SSSR count). The summed E-state index contributed by atoms with van der Waals surface area (Å²) in [6, 6.07) is 6.36. The molecule has 13 heteroatoms. The van der Waals surface area contributed by atoms with Crippen molar-refractivity contribution in [3.8, 4) is 0 Å². The zero-order chi connectivity index (χ0) is 24.4. The van der Waals surface area contributed by atoms with Crippen molar-refractivity contribution < 1.29 is 38.5 Å². The second-order valence-electron chi connectivity index (χ2n) is 7.61. The predicted molar refractivity (Wildman–Crippen MR) is 112 cm³/mol. The molecule has 13 nitrogen and oxygen atoms in total. The maximum atomic E-state index is 12.9. The van der Waals surface area contributed by atoms with Crippen LogP contribution in [0.5, 0.6) is 0 Å². The Hall–Kier alpha value is -3.81. The number of hydrogen-bond donors (Lipinski definition) is 3. The molecule has 0 bridgehead atoms. The van der Waals surface area contributed by atoms with Gasteiger partial charge in [-0.25, -0.2) is 14.4 Å². The summed E-state index contributed by atoms with van der Waals surface area (Å²) in [5, 5.41) is 8.98. The van der Waals surface area contributed by atoms with Crippen LogP contribution in [0.1, 0.15) is 40.3 Å². The number of esters is 3. The van der Waals surface area contributed by atoms with E-state index in [4.69, 9.17) is 29.9 Å². The highest BCUT2D eigenvalue weighted by Gasteiger charge is 2.52. The molecule has 5 atom stereocenters. The van der Waals surface area contributed by atoms with Gasteiger partial charge in [0.05, 0.1) is 11.1 Å². The zero-order valence-corrected chi connectivity index (χ0v) is 18.0. The van der Waals surface area contributed by atoms with Crippen LogP contribution >= 0.6 is 0 Å². The normalized spacial score (nSPS) is 24.6. The molecule has 34 heavy (non-hydrogen) atoms. The molecule has 0 aliphatic carbocycles. The smallest absolute Gasteiger partial charge is 0.351 e. The van der Waals surface area contributed by atoms with E-state index in [0.29, 0.717) is 6.42 Å². The van der Waals surface area contributed by atoms with Crippen molar-refractivity contribution in [2.75, 3.05) is 12.1 Å².